The number of benzene rings is 2. The van der Waals surface area contributed by atoms with E-state index in [-0.39, 0.29) is 30.7 Å². The van der Waals surface area contributed by atoms with Crippen molar-refractivity contribution in [3.8, 4) is 0 Å². The van der Waals surface area contributed by atoms with Crippen molar-refractivity contribution in [3.05, 3.63) is 71.8 Å². The van der Waals surface area contributed by atoms with Crippen molar-refractivity contribution < 1.29 is 29.1 Å². The first-order chi connectivity index (χ1) is 23.9. The highest BCUT2D eigenvalue weighted by Crippen LogP contribution is 2.18. The molecular weight excluding hydrogens is 638 g/mol. The lowest BCUT2D eigenvalue weighted by Gasteiger charge is -2.37. The van der Waals surface area contributed by atoms with Gasteiger partial charge in [0.15, 0.2) is 0 Å². The Kier molecular flexibility index (Phi) is 16.2. The summed E-state index contributed by atoms with van der Waals surface area (Å²) < 4.78 is 0. The normalized spacial score (nSPS) is 15.8. The third-order valence-corrected chi connectivity index (χ3v) is 9.08. The first-order valence-electron chi connectivity index (χ1n) is 17.6. The van der Waals surface area contributed by atoms with Crippen LogP contribution in [0.15, 0.2) is 60.7 Å². The molecule has 2 aromatic rings. The molecule has 1 heterocycles. The molecule has 8 N–H and O–H groups in total. The van der Waals surface area contributed by atoms with Crippen LogP contribution in [0.4, 0.5) is 4.79 Å². The third kappa shape index (κ3) is 12.8. The van der Waals surface area contributed by atoms with Gasteiger partial charge in [0.25, 0.3) is 0 Å². The van der Waals surface area contributed by atoms with Gasteiger partial charge in [-0.2, -0.15) is 0 Å². The summed E-state index contributed by atoms with van der Waals surface area (Å²) in [5.41, 5.74) is 13.7. The maximum atomic E-state index is 13.9. The second-order valence-electron chi connectivity index (χ2n) is 13.5. The summed E-state index contributed by atoms with van der Waals surface area (Å²) in [4.78, 5) is 69.1. The van der Waals surface area contributed by atoms with Crippen LogP contribution in [0.25, 0.3) is 0 Å². The highest BCUT2D eigenvalue weighted by molar-refractivity contribution is 5.95. The van der Waals surface area contributed by atoms with Crippen LogP contribution in [0.3, 0.4) is 0 Å². The Morgan fingerprint density at radius 1 is 0.800 bits per heavy atom. The number of piperidine rings is 1. The minimum atomic E-state index is -1.01. The molecule has 1 fully saturated rings. The van der Waals surface area contributed by atoms with E-state index in [0.29, 0.717) is 58.2 Å². The van der Waals surface area contributed by atoms with Gasteiger partial charge in [-0.15, -0.1) is 0 Å². The van der Waals surface area contributed by atoms with Crippen LogP contribution >= 0.6 is 0 Å². The maximum absolute atomic E-state index is 13.9. The van der Waals surface area contributed by atoms with Gasteiger partial charge in [0, 0.05) is 32.6 Å². The molecule has 1 aliphatic rings. The SMILES string of the molecule is CC(C)C[C@@H](NC(=O)[C@@H](Cc1ccccc1)NC(=O)[C@H](N)Cc1ccccc1)C(=O)N[C@H](CCCCN)C(=O)N1CCC(N(C)C(=O)O)CC1. The molecule has 3 rings (SSSR count). The number of amides is 5. The van der Waals surface area contributed by atoms with E-state index in [9.17, 15) is 29.1 Å². The Morgan fingerprint density at radius 2 is 1.32 bits per heavy atom. The van der Waals surface area contributed by atoms with Gasteiger partial charge >= 0.3 is 6.09 Å². The van der Waals surface area contributed by atoms with Crippen LogP contribution in [0.1, 0.15) is 63.5 Å². The Morgan fingerprint density at radius 3 is 1.86 bits per heavy atom. The number of unbranched alkanes of at least 4 members (excludes halogenated alkanes) is 1. The molecule has 13 heteroatoms. The van der Waals surface area contributed by atoms with E-state index in [2.05, 4.69) is 16.0 Å². The van der Waals surface area contributed by atoms with Crippen LogP contribution in [0.5, 0.6) is 0 Å². The maximum Gasteiger partial charge on any atom is 0.407 e. The van der Waals surface area contributed by atoms with Crippen molar-refractivity contribution in [3.63, 3.8) is 0 Å². The topological polar surface area (TPSA) is 200 Å². The van der Waals surface area contributed by atoms with E-state index in [1.165, 1.54) is 11.9 Å². The van der Waals surface area contributed by atoms with Crippen LogP contribution in [0.2, 0.25) is 0 Å². The standard InChI is InChI=1S/C37H55N7O6/c1-25(2)22-31(34(46)40-30(16-10-11-19-38)36(48)44-20-17-28(18-21-44)43(3)37(49)50)42-35(47)32(24-27-14-8-5-9-15-27)41-33(45)29(39)23-26-12-6-4-7-13-26/h4-9,12-15,25,28-32H,10-11,16-24,38-39H2,1-3H3,(H,40,46)(H,41,45)(H,42,47)(H,49,50)/t29-,30-,31-,32-/m1/s1. The zero-order valence-corrected chi connectivity index (χ0v) is 29.6. The largest absolute Gasteiger partial charge is 0.465 e. The van der Waals surface area contributed by atoms with Crippen molar-refractivity contribution >= 4 is 29.7 Å². The molecule has 2 aromatic carbocycles. The fourth-order valence-electron chi connectivity index (χ4n) is 6.15. The minimum absolute atomic E-state index is 0.0177. The summed E-state index contributed by atoms with van der Waals surface area (Å²) >= 11 is 0. The van der Waals surface area contributed by atoms with Crippen molar-refractivity contribution in [2.75, 3.05) is 26.7 Å². The van der Waals surface area contributed by atoms with Crippen LogP contribution in [-0.2, 0) is 32.0 Å². The average molecular weight is 694 g/mol. The molecule has 1 saturated heterocycles. The number of carbonyl (C=O) groups excluding carboxylic acids is 4. The molecule has 274 valence electrons. The lowest BCUT2D eigenvalue weighted by atomic mass is 9.99. The van der Waals surface area contributed by atoms with Gasteiger partial charge < -0.3 is 42.3 Å². The van der Waals surface area contributed by atoms with Gasteiger partial charge in [-0.1, -0.05) is 74.5 Å². The number of nitrogens with one attached hydrogen (secondary N) is 3. The molecule has 0 saturated carbocycles. The summed E-state index contributed by atoms with van der Waals surface area (Å²) in [7, 11) is 1.53. The second-order valence-corrected chi connectivity index (χ2v) is 13.5. The predicted molar refractivity (Wildman–Crippen MR) is 192 cm³/mol. The molecule has 4 atom stereocenters. The van der Waals surface area contributed by atoms with Crippen molar-refractivity contribution in [2.24, 2.45) is 17.4 Å². The fraction of sp³-hybridized carbons (Fsp3) is 0.541. The average Bonchev–Trinajstić information content (AvgIpc) is 3.10. The van der Waals surface area contributed by atoms with Gasteiger partial charge in [0.2, 0.25) is 23.6 Å². The molecule has 0 radical (unpaired) electrons. The summed E-state index contributed by atoms with van der Waals surface area (Å²) in [5.74, 6) is -1.75. The summed E-state index contributed by atoms with van der Waals surface area (Å²) in [6, 6.07) is 14.7. The first-order valence-corrected chi connectivity index (χ1v) is 17.6. The lowest BCUT2D eigenvalue weighted by Crippen LogP contribution is -2.59. The number of rotatable bonds is 18. The quantitative estimate of drug-likeness (QED) is 0.127. The number of nitrogens with two attached hydrogens (primary N) is 2. The summed E-state index contributed by atoms with van der Waals surface area (Å²) in [5, 5.41) is 18.0. The van der Waals surface area contributed by atoms with Gasteiger partial charge in [0.05, 0.1) is 6.04 Å². The molecular formula is C37H55N7O6. The highest BCUT2D eigenvalue weighted by Gasteiger charge is 2.34. The van der Waals surface area contributed by atoms with E-state index in [1.807, 2.05) is 74.5 Å². The zero-order chi connectivity index (χ0) is 36.6. The first kappa shape index (κ1) is 39.9. The zero-order valence-electron chi connectivity index (χ0n) is 29.6. The van der Waals surface area contributed by atoms with Gasteiger partial charge in [-0.3, -0.25) is 19.2 Å². The highest BCUT2D eigenvalue weighted by atomic mass is 16.4. The van der Waals surface area contributed by atoms with Crippen LogP contribution in [-0.4, -0.2) is 102 Å². The molecule has 50 heavy (non-hydrogen) atoms. The number of carbonyl (C=O) groups is 5. The molecule has 1 aliphatic heterocycles. The Hall–Kier alpha value is -4.49. The van der Waals surface area contributed by atoms with Crippen molar-refractivity contribution in [1.29, 1.82) is 0 Å². The molecule has 5 amide bonds. The van der Waals surface area contributed by atoms with Crippen molar-refractivity contribution in [1.82, 2.24) is 25.8 Å². The number of likely N-dealkylation sites (tertiary alicyclic amines) is 1. The molecule has 0 aromatic heterocycles. The Bertz CT molecular complexity index is 1390. The summed E-state index contributed by atoms with van der Waals surface area (Å²) in [6.45, 7) is 5.03. The predicted octanol–water partition coefficient (Wildman–Crippen LogP) is 2.03. The lowest BCUT2D eigenvalue weighted by molar-refractivity contribution is -0.139. The Balaban J connectivity index is 1.75. The Labute approximate surface area is 295 Å². The van der Waals surface area contributed by atoms with Gasteiger partial charge in [-0.25, -0.2) is 4.79 Å². The molecule has 0 aliphatic carbocycles. The van der Waals surface area contributed by atoms with Gasteiger partial charge in [0.1, 0.15) is 18.1 Å². The van der Waals surface area contributed by atoms with E-state index in [1.54, 1.807) is 4.90 Å². The minimum Gasteiger partial charge on any atom is -0.465 e. The molecule has 0 bridgehead atoms. The van der Waals surface area contributed by atoms with Gasteiger partial charge in [-0.05, 0) is 68.5 Å². The van der Waals surface area contributed by atoms with E-state index in [0.717, 1.165) is 11.1 Å². The number of hydrogen-bond donors (Lipinski definition) is 6. The van der Waals surface area contributed by atoms with Crippen LogP contribution < -0.4 is 27.4 Å². The second kappa shape index (κ2) is 20.2. The molecule has 0 spiro atoms. The van der Waals surface area contributed by atoms with Crippen molar-refractivity contribution in [2.45, 2.75) is 95.4 Å². The fourth-order valence-corrected chi connectivity index (χ4v) is 6.15. The molecule has 13 nitrogen and oxygen atoms in total. The number of hydrogen-bond acceptors (Lipinski definition) is 7. The van der Waals surface area contributed by atoms with E-state index < -0.39 is 48.0 Å². The van der Waals surface area contributed by atoms with Crippen LogP contribution in [0, 0.1) is 5.92 Å². The monoisotopic (exact) mass is 693 g/mol. The number of carboxylic acid groups (broad SMARTS) is 1. The van der Waals surface area contributed by atoms with E-state index in [4.69, 9.17) is 11.5 Å². The van der Waals surface area contributed by atoms with E-state index >= 15 is 0 Å². The number of nitrogens with zero attached hydrogens (tertiary/aromatic N) is 2. The smallest absolute Gasteiger partial charge is 0.407 e. The molecule has 0 unspecified atom stereocenters. The third-order valence-electron chi connectivity index (χ3n) is 9.08. The summed E-state index contributed by atoms with van der Waals surface area (Å²) in [6.07, 6.45) is 2.39.